The minimum Gasteiger partial charge on any atom is -0.423 e. The highest BCUT2D eigenvalue weighted by atomic mass is 28.4. The predicted molar refractivity (Wildman–Crippen MR) is 200 cm³/mol. The van der Waals surface area contributed by atoms with Crippen molar-refractivity contribution >= 4 is 25.4 Å². The van der Waals surface area contributed by atoms with Crippen LogP contribution >= 0.6 is 0 Å². The van der Waals surface area contributed by atoms with Crippen LogP contribution in [0.25, 0.3) is 17.0 Å². The third-order valence-electron chi connectivity index (χ3n) is 9.79. The fourth-order valence-electron chi connectivity index (χ4n) is 6.02. The molecule has 0 amide bonds. The van der Waals surface area contributed by atoms with Crippen molar-refractivity contribution in [2.24, 2.45) is 29.6 Å². The summed E-state index contributed by atoms with van der Waals surface area (Å²) >= 11 is 0. The van der Waals surface area contributed by atoms with Crippen molar-refractivity contribution in [2.45, 2.75) is 105 Å². The largest absolute Gasteiger partial charge is 0.423 e. The summed E-state index contributed by atoms with van der Waals surface area (Å²) in [5.74, 6) is 0.309. The molecule has 47 heavy (non-hydrogen) atoms. The zero-order chi connectivity index (χ0) is 35.5. The Morgan fingerprint density at radius 2 is 1.66 bits per heavy atom. The van der Waals surface area contributed by atoms with E-state index in [-0.39, 0.29) is 59.3 Å². The molecule has 1 N–H and O–H groups in total. The fourth-order valence-corrected chi connectivity index (χ4v) is 7.50. The van der Waals surface area contributed by atoms with Gasteiger partial charge in [-0.1, -0.05) is 116 Å². The number of aliphatic hydroxyl groups is 1. The van der Waals surface area contributed by atoms with E-state index in [1.54, 1.807) is 19.3 Å². The predicted octanol–water partition coefficient (Wildman–Crippen LogP) is 9.81. The Bertz CT molecular complexity index is 1410. The van der Waals surface area contributed by atoms with Gasteiger partial charge < -0.3 is 23.4 Å². The Kier molecular flexibility index (Phi) is 15.8. The Morgan fingerprint density at radius 3 is 2.28 bits per heavy atom. The summed E-state index contributed by atoms with van der Waals surface area (Å²) in [7, 11) is -0.475. The zero-order valence-electron chi connectivity index (χ0n) is 31.1. The average molecular weight is 667 g/mol. The first-order valence-corrected chi connectivity index (χ1v) is 20.0. The molecule has 2 aromatic rings. The van der Waals surface area contributed by atoms with Gasteiger partial charge in [-0.05, 0) is 55.1 Å². The van der Waals surface area contributed by atoms with Crippen LogP contribution in [0.4, 0.5) is 0 Å². The fraction of sp³-hybridized carbons (Fsp3) is 0.575. The van der Waals surface area contributed by atoms with E-state index in [0.717, 1.165) is 17.4 Å². The van der Waals surface area contributed by atoms with E-state index in [4.69, 9.17) is 18.3 Å². The molecule has 0 spiro atoms. The van der Waals surface area contributed by atoms with Gasteiger partial charge in [0.15, 0.2) is 8.32 Å². The van der Waals surface area contributed by atoms with E-state index < -0.39 is 14.4 Å². The molecule has 2 rings (SSSR count). The van der Waals surface area contributed by atoms with Crippen molar-refractivity contribution in [3.63, 3.8) is 0 Å². The van der Waals surface area contributed by atoms with Crippen LogP contribution in [-0.2, 0) is 13.9 Å². The normalized spacial score (nSPS) is 18.6. The summed E-state index contributed by atoms with van der Waals surface area (Å²) in [5, 5.41) is 12.3. The van der Waals surface area contributed by atoms with Gasteiger partial charge in [-0.3, -0.25) is 0 Å². The van der Waals surface area contributed by atoms with Gasteiger partial charge in [0.25, 0.3) is 0 Å². The summed E-state index contributed by atoms with van der Waals surface area (Å²) in [6.07, 6.45) is 12.3. The molecule has 6 nitrogen and oxygen atoms in total. The minimum atomic E-state index is -2.11. The molecule has 1 aromatic carbocycles. The first kappa shape index (κ1) is 40.6. The summed E-state index contributed by atoms with van der Waals surface area (Å²) in [6, 6.07) is 9.07. The van der Waals surface area contributed by atoms with Gasteiger partial charge in [0, 0.05) is 42.2 Å². The number of fused-ring (bicyclic) bond motifs is 1. The molecule has 0 fully saturated rings. The zero-order valence-corrected chi connectivity index (χ0v) is 32.1. The quantitative estimate of drug-likeness (QED) is 0.0561. The third kappa shape index (κ3) is 12.1. The van der Waals surface area contributed by atoms with Crippen molar-refractivity contribution in [1.82, 2.24) is 0 Å². The van der Waals surface area contributed by atoms with Gasteiger partial charge in [0.05, 0.1) is 18.3 Å². The first-order chi connectivity index (χ1) is 21.9. The van der Waals surface area contributed by atoms with Gasteiger partial charge >= 0.3 is 5.63 Å². The van der Waals surface area contributed by atoms with E-state index >= 15 is 0 Å². The number of allylic oxidation sites excluding steroid dienone is 3. The molecule has 0 aliphatic rings. The highest BCUT2D eigenvalue weighted by Crippen LogP contribution is 2.41. The molecule has 0 saturated heterocycles. The molecule has 7 heteroatoms. The Hall–Kier alpha value is -2.55. The molecule has 8 atom stereocenters. The Morgan fingerprint density at radius 1 is 1.00 bits per heavy atom. The maximum absolute atomic E-state index is 11.7. The standard InChI is InChI=1S/C40H62O6Si/c1-14-15-16-28(3)37(42)32(7)39(46-47(12,13)40(8,9)10)31(6)24-27(2)23-30(5)38(44-26-43-11)29(4)17-18-33-19-20-34-21-22-36(41)45-35(34)25-33/h14-23,25,28-32,37-39,42H,1,24,26H2,2-13H3/b16-15-,18-17-,27-23-/t28?,29?,30-,31-,32+,37-,38-,39+/m0/s1. The van der Waals surface area contributed by atoms with Crippen molar-refractivity contribution in [3.05, 3.63) is 88.8 Å². The van der Waals surface area contributed by atoms with E-state index in [1.807, 2.05) is 36.4 Å². The monoisotopic (exact) mass is 666 g/mol. The van der Waals surface area contributed by atoms with E-state index in [9.17, 15) is 9.90 Å². The average Bonchev–Trinajstić information content (AvgIpc) is 2.99. The summed E-state index contributed by atoms with van der Waals surface area (Å²) in [5.41, 5.74) is 2.43. The molecular weight excluding hydrogens is 605 g/mol. The van der Waals surface area contributed by atoms with Crippen LogP contribution in [0.5, 0.6) is 0 Å². The summed E-state index contributed by atoms with van der Waals surface area (Å²) < 4.78 is 24.0. The van der Waals surface area contributed by atoms with E-state index in [2.05, 4.69) is 94.1 Å². The van der Waals surface area contributed by atoms with Crippen LogP contribution in [0.15, 0.2) is 82.1 Å². The van der Waals surface area contributed by atoms with E-state index in [1.165, 1.54) is 11.6 Å². The Balaban J connectivity index is 2.29. The lowest BCUT2D eigenvalue weighted by molar-refractivity contribution is -0.0947. The lowest BCUT2D eigenvalue weighted by Crippen LogP contribution is -2.49. The summed E-state index contributed by atoms with van der Waals surface area (Å²) in [4.78, 5) is 11.7. The van der Waals surface area contributed by atoms with Crippen LogP contribution in [0.1, 0.15) is 74.3 Å². The van der Waals surface area contributed by atoms with Gasteiger partial charge in [0.1, 0.15) is 12.4 Å². The lowest BCUT2D eigenvalue weighted by atomic mass is 9.81. The maximum atomic E-state index is 11.7. The van der Waals surface area contributed by atoms with E-state index in [0.29, 0.717) is 5.58 Å². The third-order valence-corrected chi connectivity index (χ3v) is 14.3. The second-order valence-corrected chi connectivity index (χ2v) is 19.8. The van der Waals surface area contributed by atoms with Crippen molar-refractivity contribution in [2.75, 3.05) is 13.9 Å². The molecule has 0 bridgehead atoms. The number of aliphatic hydroxyl groups excluding tert-OH is 1. The number of rotatable bonds is 18. The highest BCUT2D eigenvalue weighted by molar-refractivity contribution is 6.74. The van der Waals surface area contributed by atoms with Crippen molar-refractivity contribution in [1.29, 1.82) is 0 Å². The molecular formula is C40H62O6Si. The molecule has 2 unspecified atom stereocenters. The van der Waals surface area contributed by atoms with Crippen LogP contribution in [0.3, 0.4) is 0 Å². The van der Waals surface area contributed by atoms with Crippen LogP contribution in [0, 0.1) is 29.6 Å². The number of benzene rings is 1. The molecule has 1 heterocycles. The van der Waals surface area contributed by atoms with Crippen molar-refractivity contribution in [3.8, 4) is 0 Å². The number of hydrogen-bond acceptors (Lipinski definition) is 6. The van der Waals surface area contributed by atoms with Crippen LogP contribution in [-0.4, -0.2) is 45.6 Å². The first-order valence-electron chi connectivity index (χ1n) is 17.1. The maximum Gasteiger partial charge on any atom is 0.336 e. The second kappa shape index (κ2) is 18.3. The van der Waals surface area contributed by atoms with Gasteiger partial charge in [-0.25, -0.2) is 4.79 Å². The van der Waals surface area contributed by atoms with Gasteiger partial charge in [-0.15, -0.1) is 0 Å². The molecule has 262 valence electrons. The summed E-state index contributed by atoms with van der Waals surface area (Å²) in [6.45, 7) is 28.3. The topological polar surface area (TPSA) is 78.1 Å². The lowest BCUT2D eigenvalue weighted by Gasteiger charge is -2.44. The van der Waals surface area contributed by atoms with Gasteiger partial charge in [-0.2, -0.15) is 0 Å². The van der Waals surface area contributed by atoms with Gasteiger partial charge in [0.2, 0.25) is 0 Å². The smallest absolute Gasteiger partial charge is 0.336 e. The molecule has 1 aromatic heterocycles. The molecule has 0 aliphatic carbocycles. The number of hydrogen-bond donors (Lipinski definition) is 1. The molecule has 0 saturated carbocycles. The van der Waals surface area contributed by atoms with Crippen LogP contribution in [0.2, 0.25) is 18.1 Å². The van der Waals surface area contributed by atoms with Crippen LogP contribution < -0.4 is 5.63 Å². The molecule has 0 radical (unpaired) electrons. The number of ether oxygens (including phenoxy) is 2. The number of methoxy groups -OCH3 is 1. The highest BCUT2D eigenvalue weighted by Gasteiger charge is 2.43. The second-order valence-electron chi connectivity index (χ2n) is 15.0. The molecule has 0 aliphatic heterocycles. The Labute approximate surface area is 285 Å². The minimum absolute atomic E-state index is 0.0150. The SMILES string of the molecule is C=C/C=C\C(C)[C@H](O)[C@@H](C)[C@H](O[Si](C)(C)C(C)(C)C)[C@@H](C)C/C(C)=C\[C@H](C)[C@@H](OCOC)C(C)/C=C\c1ccc2ccc(=O)oc2c1. The van der Waals surface area contributed by atoms with Crippen molar-refractivity contribution < 1.29 is 23.4 Å².